The fourth-order valence-corrected chi connectivity index (χ4v) is 3.43. The minimum absolute atomic E-state index is 0.0208. The number of rotatable bonds is 3. The van der Waals surface area contributed by atoms with E-state index in [-0.39, 0.29) is 12.5 Å². The third-order valence-electron chi connectivity index (χ3n) is 3.87. The van der Waals surface area contributed by atoms with E-state index in [2.05, 4.69) is 16.4 Å². The van der Waals surface area contributed by atoms with Crippen LogP contribution >= 0.6 is 11.3 Å². The van der Waals surface area contributed by atoms with Crippen LogP contribution in [0.2, 0.25) is 0 Å². The van der Waals surface area contributed by atoms with Crippen molar-refractivity contribution in [3.63, 3.8) is 0 Å². The highest BCUT2D eigenvalue weighted by molar-refractivity contribution is 7.11. The van der Waals surface area contributed by atoms with Crippen molar-refractivity contribution in [1.29, 1.82) is 5.26 Å². The zero-order chi connectivity index (χ0) is 17.9. The Bertz CT molecular complexity index is 1050. The number of nitrogens with one attached hydrogen (secondary N) is 1. The molecule has 1 amide bonds. The third kappa shape index (κ3) is 3.21. The highest BCUT2D eigenvalue weighted by Crippen LogP contribution is 2.31. The number of carbonyl (C=O) groups excluding carboxylic acids is 1. The number of hydrogen-bond acceptors (Lipinski definition) is 5. The number of nitrogens with zero attached hydrogens (tertiary/aromatic N) is 2. The Labute approximate surface area is 154 Å². The van der Waals surface area contributed by atoms with Crippen LogP contribution in [0.5, 0.6) is 5.75 Å². The van der Waals surface area contributed by atoms with Crippen LogP contribution in [0.4, 0.5) is 5.69 Å². The maximum atomic E-state index is 11.5. The zero-order valence-corrected chi connectivity index (χ0v) is 14.4. The molecule has 1 aliphatic rings. The highest BCUT2D eigenvalue weighted by atomic mass is 32.1. The standard InChI is InChI=1S/C20H13N3O2S/c21-10-15(20-23-17(12-26-20)14-4-2-1-3-5-14)8-13-6-7-18-16(9-13)22-19(24)11-25-18/h1-9,12H,11H2,(H,22,24). The fourth-order valence-electron chi connectivity index (χ4n) is 2.64. The molecule has 2 heterocycles. The van der Waals surface area contributed by atoms with E-state index in [1.165, 1.54) is 11.3 Å². The largest absolute Gasteiger partial charge is 0.482 e. The molecule has 5 nitrogen and oxygen atoms in total. The van der Waals surface area contributed by atoms with E-state index in [0.717, 1.165) is 16.8 Å². The molecule has 26 heavy (non-hydrogen) atoms. The lowest BCUT2D eigenvalue weighted by molar-refractivity contribution is -0.118. The number of amides is 1. The van der Waals surface area contributed by atoms with Gasteiger partial charge in [-0.1, -0.05) is 36.4 Å². The molecular weight excluding hydrogens is 346 g/mol. The Morgan fingerprint density at radius 2 is 2.12 bits per heavy atom. The van der Waals surface area contributed by atoms with E-state index >= 15 is 0 Å². The summed E-state index contributed by atoms with van der Waals surface area (Å²) in [4.78, 5) is 16.0. The van der Waals surface area contributed by atoms with Gasteiger partial charge < -0.3 is 10.1 Å². The van der Waals surface area contributed by atoms with E-state index in [4.69, 9.17) is 4.74 Å². The molecule has 0 saturated carbocycles. The van der Waals surface area contributed by atoms with Crippen LogP contribution in [-0.2, 0) is 4.79 Å². The Hall–Kier alpha value is -3.43. The van der Waals surface area contributed by atoms with Gasteiger partial charge in [-0.15, -0.1) is 11.3 Å². The Morgan fingerprint density at radius 3 is 2.92 bits per heavy atom. The monoisotopic (exact) mass is 359 g/mol. The molecule has 4 rings (SSSR count). The first-order valence-electron chi connectivity index (χ1n) is 7.93. The molecule has 6 heteroatoms. The molecule has 1 aromatic heterocycles. The van der Waals surface area contributed by atoms with Crippen molar-refractivity contribution in [2.45, 2.75) is 0 Å². The molecule has 126 valence electrons. The molecule has 0 unspecified atom stereocenters. The number of benzene rings is 2. The van der Waals surface area contributed by atoms with E-state index < -0.39 is 0 Å². The lowest BCUT2D eigenvalue weighted by Crippen LogP contribution is -2.25. The number of allylic oxidation sites excluding steroid dienone is 1. The summed E-state index contributed by atoms with van der Waals surface area (Å²) < 4.78 is 5.35. The average Bonchev–Trinajstić information content (AvgIpc) is 3.16. The topological polar surface area (TPSA) is 75.0 Å². The van der Waals surface area contributed by atoms with Gasteiger partial charge in [-0.05, 0) is 23.8 Å². The molecule has 1 aliphatic heterocycles. The van der Waals surface area contributed by atoms with Gasteiger partial charge in [-0.2, -0.15) is 5.26 Å². The number of hydrogen-bond donors (Lipinski definition) is 1. The van der Waals surface area contributed by atoms with Gasteiger partial charge in [-0.3, -0.25) is 4.79 Å². The first-order valence-corrected chi connectivity index (χ1v) is 8.81. The van der Waals surface area contributed by atoms with Crippen molar-refractivity contribution < 1.29 is 9.53 Å². The van der Waals surface area contributed by atoms with Gasteiger partial charge in [0.2, 0.25) is 0 Å². The van der Waals surface area contributed by atoms with Gasteiger partial charge in [0.15, 0.2) is 6.61 Å². The van der Waals surface area contributed by atoms with Gasteiger partial charge in [0, 0.05) is 10.9 Å². The first-order chi connectivity index (χ1) is 12.7. The molecule has 1 N–H and O–H groups in total. The Morgan fingerprint density at radius 1 is 1.27 bits per heavy atom. The van der Waals surface area contributed by atoms with Gasteiger partial charge in [-0.25, -0.2) is 4.98 Å². The van der Waals surface area contributed by atoms with Crippen molar-refractivity contribution in [1.82, 2.24) is 4.98 Å². The number of fused-ring (bicyclic) bond motifs is 1. The van der Waals surface area contributed by atoms with Gasteiger partial charge in [0.25, 0.3) is 5.91 Å². The summed E-state index contributed by atoms with van der Waals surface area (Å²) in [7, 11) is 0. The van der Waals surface area contributed by atoms with E-state index in [9.17, 15) is 10.1 Å². The lowest BCUT2D eigenvalue weighted by atomic mass is 10.1. The van der Waals surface area contributed by atoms with Gasteiger partial charge in [0.05, 0.1) is 17.0 Å². The summed E-state index contributed by atoms with van der Waals surface area (Å²) in [5.74, 6) is 0.437. The van der Waals surface area contributed by atoms with Crippen LogP contribution in [0.1, 0.15) is 10.6 Å². The number of ether oxygens (including phenoxy) is 1. The Balaban J connectivity index is 1.66. The van der Waals surface area contributed by atoms with Crippen molar-refractivity contribution >= 4 is 34.6 Å². The van der Waals surface area contributed by atoms with Crippen LogP contribution < -0.4 is 10.1 Å². The predicted molar refractivity (Wildman–Crippen MR) is 102 cm³/mol. The molecule has 2 aromatic carbocycles. The molecule has 0 radical (unpaired) electrons. The second kappa shape index (κ2) is 6.82. The number of carbonyl (C=O) groups is 1. The molecule has 0 fully saturated rings. The summed E-state index contributed by atoms with van der Waals surface area (Å²) in [6, 6.07) is 17.5. The quantitative estimate of drug-likeness (QED) is 0.711. The van der Waals surface area contributed by atoms with Crippen molar-refractivity contribution in [3.05, 3.63) is 64.5 Å². The van der Waals surface area contributed by atoms with E-state index in [1.807, 2.05) is 41.8 Å². The van der Waals surface area contributed by atoms with Crippen LogP contribution in [0, 0.1) is 11.3 Å². The van der Waals surface area contributed by atoms with Crippen LogP contribution in [-0.4, -0.2) is 17.5 Å². The molecule has 0 atom stereocenters. The smallest absolute Gasteiger partial charge is 0.262 e. The van der Waals surface area contributed by atoms with Crippen molar-refractivity contribution in [3.8, 4) is 23.1 Å². The molecule has 0 aliphatic carbocycles. The van der Waals surface area contributed by atoms with Gasteiger partial charge >= 0.3 is 0 Å². The SMILES string of the molecule is N#CC(=Cc1ccc2c(c1)NC(=O)CO2)c1nc(-c2ccccc2)cs1. The fraction of sp³-hybridized carbons (Fsp3) is 0.0500. The number of nitriles is 1. The van der Waals surface area contributed by atoms with E-state index in [0.29, 0.717) is 22.0 Å². The maximum Gasteiger partial charge on any atom is 0.262 e. The second-order valence-electron chi connectivity index (χ2n) is 5.67. The molecule has 0 bridgehead atoms. The normalized spacial score (nSPS) is 13.3. The summed E-state index contributed by atoms with van der Waals surface area (Å²) in [5, 5.41) is 14.9. The van der Waals surface area contributed by atoms with Gasteiger partial charge in [0.1, 0.15) is 16.8 Å². The number of anilines is 1. The number of thiazole rings is 1. The molecular formula is C20H13N3O2S. The minimum atomic E-state index is -0.188. The zero-order valence-electron chi connectivity index (χ0n) is 13.6. The first kappa shape index (κ1) is 16.1. The van der Waals surface area contributed by atoms with Crippen molar-refractivity contribution in [2.75, 3.05) is 11.9 Å². The minimum Gasteiger partial charge on any atom is -0.482 e. The summed E-state index contributed by atoms with van der Waals surface area (Å²) in [5.41, 5.74) is 3.73. The van der Waals surface area contributed by atoms with Crippen LogP contribution in [0.25, 0.3) is 22.9 Å². The number of aromatic nitrogens is 1. The third-order valence-corrected chi connectivity index (χ3v) is 4.75. The molecule has 0 spiro atoms. The second-order valence-corrected chi connectivity index (χ2v) is 6.52. The summed E-state index contributed by atoms with van der Waals surface area (Å²) in [6.07, 6.45) is 1.76. The van der Waals surface area contributed by atoms with Crippen LogP contribution in [0.3, 0.4) is 0 Å². The summed E-state index contributed by atoms with van der Waals surface area (Å²) >= 11 is 1.43. The maximum absolute atomic E-state index is 11.5. The molecule has 3 aromatic rings. The highest BCUT2D eigenvalue weighted by Gasteiger charge is 2.16. The van der Waals surface area contributed by atoms with E-state index in [1.54, 1.807) is 18.2 Å². The summed E-state index contributed by atoms with van der Waals surface area (Å²) in [6.45, 7) is 0.0208. The lowest BCUT2D eigenvalue weighted by Gasteiger charge is -2.17. The predicted octanol–water partition coefficient (Wildman–Crippen LogP) is 4.21. The Kier molecular flexibility index (Phi) is 4.22. The average molecular weight is 359 g/mol. The molecule has 0 saturated heterocycles. The van der Waals surface area contributed by atoms with Crippen LogP contribution in [0.15, 0.2) is 53.9 Å². The van der Waals surface area contributed by atoms with Crippen molar-refractivity contribution in [2.24, 2.45) is 0 Å².